The molecule has 3 N–H and O–H groups in total. The molecule has 0 aliphatic heterocycles. The van der Waals surface area contributed by atoms with E-state index in [9.17, 15) is 4.79 Å². The van der Waals surface area contributed by atoms with Gasteiger partial charge in [0.25, 0.3) is 0 Å². The number of nitrogens with zero attached hydrogens (tertiary/aromatic N) is 1. The van der Waals surface area contributed by atoms with E-state index in [2.05, 4.69) is 6.58 Å². The standard InChI is InChI=1S/C9H18N2O2/c1-2-9(13)11(8-10)6-4-3-5-7-12/h2,12H,1,3-8,10H2. The molecule has 0 aliphatic carbocycles. The van der Waals surface area contributed by atoms with Crippen molar-refractivity contribution in [1.82, 2.24) is 4.90 Å². The highest BCUT2D eigenvalue weighted by molar-refractivity contribution is 5.86. The van der Waals surface area contributed by atoms with Gasteiger partial charge in [-0.1, -0.05) is 6.58 Å². The lowest BCUT2D eigenvalue weighted by atomic mass is 10.2. The molecule has 0 saturated heterocycles. The van der Waals surface area contributed by atoms with E-state index in [0.717, 1.165) is 19.3 Å². The van der Waals surface area contributed by atoms with Gasteiger partial charge in [0.2, 0.25) is 5.91 Å². The first-order valence-corrected chi connectivity index (χ1v) is 4.48. The first-order chi connectivity index (χ1) is 6.26. The average molecular weight is 186 g/mol. The fraction of sp³-hybridized carbons (Fsp3) is 0.667. The monoisotopic (exact) mass is 186 g/mol. The van der Waals surface area contributed by atoms with Gasteiger partial charge in [0.1, 0.15) is 0 Å². The maximum absolute atomic E-state index is 11.1. The zero-order valence-corrected chi connectivity index (χ0v) is 7.91. The number of aliphatic hydroxyl groups excluding tert-OH is 1. The van der Waals surface area contributed by atoms with Crippen LogP contribution in [0.3, 0.4) is 0 Å². The van der Waals surface area contributed by atoms with Gasteiger partial charge in [0.15, 0.2) is 0 Å². The lowest BCUT2D eigenvalue weighted by Crippen LogP contribution is -2.35. The quantitative estimate of drug-likeness (QED) is 0.336. The van der Waals surface area contributed by atoms with Gasteiger partial charge in [-0.15, -0.1) is 0 Å². The number of carbonyl (C=O) groups is 1. The van der Waals surface area contributed by atoms with Crippen LogP contribution in [0.4, 0.5) is 0 Å². The number of rotatable bonds is 7. The number of carbonyl (C=O) groups excluding carboxylic acids is 1. The minimum Gasteiger partial charge on any atom is -0.396 e. The Morgan fingerprint density at radius 2 is 2.15 bits per heavy atom. The van der Waals surface area contributed by atoms with E-state index in [4.69, 9.17) is 10.8 Å². The molecule has 0 bridgehead atoms. The van der Waals surface area contributed by atoms with E-state index in [0.29, 0.717) is 6.54 Å². The molecular formula is C9H18N2O2. The summed E-state index contributed by atoms with van der Waals surface area (Å²) in [4.78, 5) is 12.6. The van der Waals surface area contributed by atoms with Crippen LogP contribution >= 0.6 is 0 Å². The summed E-state index contributed by atoms with van der Waals surface area (Å²) in [5, 5.41) is 8.52. The van der Waals surface area contributed by atoms with Crippen LogP contribution in [0.15, 0.2) is 12.7 Å². The Morgan fingerprint density at radius 3 is 2.62 bits per heavy atom. The van der Waals surface area contributed by atoms with Gasteiger partial charge in [0, 0.05) is 13.2 Å². The van der Waals surface area contributed by atoms with Crippen molar-refractivity contribution < 1.29 is 9.90 Å². The summed E-state index contributed by atoms with van der Waals surface area (Å²) in [7, 11) is 0. The molecule has 0 aliphatic rings. The second-order valence-corrected chi connectivity index (χ2v) is 2.77. The minimum atomic E-state index is -0.133. The van der Waals surface area contributed by atoms with Crippen molar-refractivity contribution in [2.24, 2.45) is 5.73 Å². The molecular weight excluding hydrogens is 168 g/mol. The summed E-state index contributed by atoms with van der Waals surface area (Å²) in [5.41, 5.74) is 5.37. The Bertz CT molecular complexity index is 160. The van der Waals surface area contributed by atoms with Gasteiger partial charge < -0.3 is 15.7 Å². The van der Waals surface area contributed by atoms with Gasteiger partial charge in [0.05, 0.1) is 6.67 Å². The predicted octanol–water partition coefficient (Wildman–Crippen LogP) is 0.0798. The molecule has 0 aromatic rings. The SMILES string of the molecule is C=CC(=O)N(CN)CCCCCO. The highest BCUT2D eigenvalue weighted by Gasteiger charge is 2.06. The lowest BCUT2D eigenvalue weighted by Gasteiger charge is -2.18. The predicted molar refractivity (Wildman–Crippen MR) is 51.9 cm³/mol. The van der Waals surface area contributed by atoms with Crippen molar-refractivity contribution in [3.05, 3.63) is 12.7 Å². The smallest absolute Gasteiger partial charge is 0.246 e. The minimum absolute atomic E-state index is 0.133. The second-order valence-electron chi connectivity index (χ2n) is 2.77. The number of nitrogens with two attached hydrogens (primary N) is 1. The number of amides is 1. The van der Waals surface area contributed by atoms with E-state index < -0.39 is 0 Å². The number of unbranched alkanes of at least 4 members (excludes halogenated alkanes) is 2. The zero-order valence-electron chi connectivity index (χ0n) is 7.91. The normalized spacial score (nSPS) is 9.69. The largest absolute Gasteiger partial charge is 0.396 e. The van der Waals surface area contributed by atoms with Crippen molar-refractivity contribution in [3.8, 4) is 0 Å². The van der Waals surface area contributed by atoms with Gasteiger partial charge >= 0.3 is 0 Å². The van der Waals surface area contributed by atoms with Gasteiger partial charge in [-0.2, -0.15) is 0 Å². The van der Waals surface area contributed by atoms with E-state index in [-0.39, 0.29) is 19.2 Å². The van der Waals surface area contributed by atoms with Gasteiger partial charge in [-0.25, -0.2) is 0 Å². The molecule has 0 heterocycles. The Hall–Kier alpha value is -0.870. The van der Waals surface area contributed by atoms with Crippen LogP contribution in [0.5, 0.6) is 0 Å². The topological polar surface area (TPSA) is 66.6 Å². The molecule has 0 atom stereocenters. The fourth-order valence-corrected chi connectivity index (χ4v) is 1.01. The highest BCUT2D eigenvalue weighted by atomic mass is 16.2. The van der Waals surface area contributed by atoms with Crippen molar-refractivity contribution in [2.45, 2.75) is 19.3 Å². The van der Waals surface area contributed by atoms with Crippen LogP contribution in [-0.2, 0) is 4.79 Å². The summed E-state index contributed by atoms with van der Waals surface area (Å²) in [6.45, 7) is 4.46. The Balaban J connectivity index is 3.59. The summed E-state index contributed by atoms with van der Waals surface area (Å²) in [6.07, 6.45) is 3.83. The Labute approximate surface area is 79.0 Å². The number of aliphatic hydroxyl groups is 1. The van der Waals surface area contributed by atoms with Crippen LogP contribution < -0.4 is 5.73 Å². The van der Waals surface area contributed by atoms with Crippen LogP contribution in [0.2, 0.25) is 0 Å². The average Bonchev–Trinajstić information content (AvgIpc) is 2.17. The van der Waals surface area contributed by atoms with E-state index >= 15 is 0 Å². The molecule has 0 saturated carbocycles. The Kier molecular flexibility index (Phi) is 7.24. The summed E-state index contributed by atoms with van der Waals surface area (Å²) < 4.78 is 0. The third kappa shape index (κ3) is 5.38. The van der Waals surface area contributed by atoms with E-state index in [1.807, 2.05) is 0 Å². The molecule has 13 heavy (non-hydrogen) atoms. The van der Waals surface area contributed by atoms with Gasteiger partial charge in [-0.05, 0) is 25.3 Å². The summed E-state index contributed by atoms with van der Waals surface area (Å²) >= 11 is 0. The molecule has 0 spiro atoms. The first-order valence-electron chi connectivity index (χ1n) is 4.48. The summed E-state index contributed by atoms with van der Waals surface area (Å²) in [5.74, 6) is -0.133. The van der Waals surface area contributed by atoms with Crippen molar-refractivity contribution >= 4 is 5.91 Å². The molecule has 0 rings (SSSR count). The van der Waals surface area contributed by atoms with E-state index in [1.165, 1.54) is 11.0 Å². The molecule has 1 amide bonds. The number of hydrogen-bond acceptors (Lipinski definition) is 3. The molecule has 4 heteroatoms. The molecule has 0 aromatic heterocycles. The molecule has 76 valence electrons. The zero-order chi connectivity index (χ0) is 10.1. The molecule has 0 unspecified atom stereocenters. The highest BCUT2D eigenvalue weighted by Crippen LogP contribution is 1.98. The first kappa shape index (κ1) is 12.1. The third-order valence-corrected chi connectivity index (χ3v) is 1.79. The molecule has 0 radical (unpaired) electrons. The fourth-order valence-electron chi connectivity index (χ4n) is 1.01. The van der Waals surface area contributed by atoms with Crippen molar-refractivity contribution in [1.29, 1.82) is 0 Å². The van der Waals surface area contributed by atoms with Crippen LogP contribution in [0.1, 0.15) is 19.3 Å². The van der Waals surface area contributed by atoms with E-state index in [1.54, 1.807) is 0 Å². The van der Waals surface area contributed by atoms with Gasteiger partial charge in [-0.3, -0.25) is 4.79 Å². The maximum atomic E-state index is 11.1. The molecule has 0 fully saturated rings. The van der Waals surface area contributed by atoms with Crippen molar-refractivity contribution in [3.63, 3.8) is 0 Å². The van der Waals surface area contributed by atoms with Crippen LogP contribution in [-0.4, -0.2) is 35.7 Å². The third-order valence-electron chi connectivity index (χ3n) is 1.79. The summed E-state index contributed by atoms with van der Waals surface area (Å²) in [6, 6.07) is 0. The second kappa shape index (κ2) is 7.76. The lowest BCUT2D eigenvalue weighted by molar-refractivity contribution is -0.126. The number of hydrogen-bond donors (Lipinski definition) is 2. The van der Waals surface area contributed by atoms with Crippen LogP contribution in [0, 0.1) is 0 Å². The Morgan fingerprint density at radius 1 is 1.46 bits per heavy atom. The molecule has 4 nitrogen and oxygen atoms in total. The maximum Gasteiger partial charge on any atom is 0.246 e. The van der Waals surface area contributed by atoms with Crippen LogP contribution in [0.25, 0.3) is 0 Å². The molecule has 0 aromatic carbocycles. The van der Waals surface area contributed by atoms with Crippen molar-refractivity contribution in [2.75, 3.05) is 19.8 Å².